The number of anilines is 1. The van der Waals surface area contributed by atoms with E-state index in [9.17, 15) is 9.59 Å². The maximum atomic E-state index is 12.6. The zero-order chi connectivity index (χ0) is 17.9. The fourth-order valence-electron chi connectivity index (χ4n) is 4.06. The van der Waals surface area contributed by atoms with Crippen molar-refractivity contribution in [2.45, 2.75) is 69.9 Å². The van der Waals surface area contributed by atoms with Crippen LogP contribution in [-0.4, -0.2) is 23.4 Å². The van der Waals surface area contributed by atoms with Crippen LogP contribution in [0.3, 0.4) is 0 Å². The average Bonchev–Trinajstić information content (AvgIpc) is 3.08. The van der Waals surface area contributed by atoms with E-state index in [0.717, 1.165) is 38.5 Å². The van der Waals surface area contributed by atoms with Crippen molar-refractivity contribution in [2.24, 2.45) is 11.7 Å². The highest BCUT2D eigenvalue weighted by molar-refractivity contribution is 5.96. The topological polar surface area (TPSA) is 84.2 Å². The largest absolute Gasteiger partial charge is 0.349 e. The monoisotopic (exact) mass is 379 g/mol. The number of carbonyl (C=O) groups excluding carboxylic acids is 2. The van der Waals surface area contributed by atoms with Crippen molar-refractivity contribution >= 4 is 29.9 Å². The number of nitrogens with two attached hydrogens (primary N) is 1. The summed E-state index contributed by atoms with van der Waals surface area (Å²) in [4.78, 5) is 24.8. The molecular formula is C20H30ClN3O2. The van der Waals surface area contributed by atoms with E-state index < -0.39 is 5.54 Å². The third-order valence-corrected chi connectivity index (χ3v) is 5.68. The molecule has 0 spiro atoms. The molecule has 2 atom stereocenters. The maximum absolute atomic E-state index is 12.6. The molecule has 2 aliphatic rings. The molecule has 6 heteroatoms. The Morgan fingerprint density at radius 2 is 1.65 bits per heavy atom. The van der Waals surface area contributed by atoms with Crippen LogP contribution in [0.5, 0.6) is 0 Å². The average molecular weight is 380 g/mol. The SMILES string of the molecule is CC1(N)CCCCC1C(=O)Nc1ccc(C(=O)NC2CCCC2)cc1.Cl. The Hall–Kier alpha value is -1.59. The first-order valence-corrected chi connectivity index (χ1v) is 9.46. The zero-order valence-corrected chi connectivity index (χ0v) is 16.2. The van der Waals surface area contributed by atoms with E-state index in [2.05, 4.69) is 10.6 Å². The molecule has 1 aromatic rings. The van der Waals surface area contributed by atoms with E-state index in [1.807, 2.05) is 6.92 Å². The quantitative estimate of drug-likeness (QED) is 0.746. The Kier molecular flexibility index (Phi) is 7.07. The van der Waals surface area contributed by atoms with Crippen LogP contribution in [0.15, 0.2) is 24.3 Å². The normalized spacial score (nSPS) is 26.0. The summed E-state index contributed by atoms with van der Waals surface area (Å²) in [6.45, 7) is 1.97. The van der Waals surface area contributed by atoms with Gasteiger partial charge < -0.3 is 16.4 Å². The molecule has 2 amide bonds. The number of carbonyl (C=O) groups is 2. The Balaban J connectivity index is 0.00000243. The molecule has 2 aliphatic carbocycles. The fraction of sp³-hybridized carbons (Fsp3) is 0.600. The molecule has 4 N–H and O–H groups in total. The van der Waals surface area contributed by atoms with Crippen LogP contribution in [-0.2, 0) is 4.79 Å². The Labute approximate surface area is 161 Å². The molecule has 5 nitrogen and oxygen atoms in total. The molecule has 0 aliphatic heterocycles. The number of hydrogen-bond acceptors (Lipinski definition) is 3. The molecule has 2 fully saturated rings. The standard InChI is InChI=1S/C20H29N3O2.ClH/c1-20(21)13-5-4-8-17(20)19(25)23-16-11-9-14(10-12-16)18(24)22-15-6-2-3-7-15;/h9-12,15,17H,2-8,13,21H2,1H3,(H,22,24)(H,23,25);1H. The highest BCUT2D eigenvalue weighted by atomic mass is 35.5. The lowest BCUT2D eigenvalue weighted by Crippen LogP contribution is -2.51. The first-order valence-electron chi connectivity index (χ1n) is 9.46. The van der Waals surface area contributed by atoms with Crippen molar-refractivity contribution < 1.29 is 9.59 Å². The summed E-state index contributed by atoms with van der Waals surface area (Å²) in [5, 5.41) is 6.03. The van der Waals surface area contributed by atoms with Gasteiger partial charge in [0, 0.05) is 22.8 Å². The van der Waals surface area contributed by atoms with Crippen molar-refractivity contribution in [2.75, 3.05) is 5.32 Å². The molecular weight excluding hydrogens is 350 g/mol. The van der Waals surface area contributed by atoms with Crippen LogP contribution in [0.25, 0.3) is 0 Å². The van der Waals surface area contributed by atoms with Crippen LogP contribution < -0.4 is 16.4 Å². The molecule has 2 saturated carbocycles. The lowest BCUT2D eigenvalue weighted by Gasteiger charge is -2.37. The number of nitrogens with one attached hydrogen (secondary N) is 2. The van der Waals surface area contributed by atoms with Gasteiger partial charge in [0.25, 0.3) is 5.91 Å². The number of rotatable bonds is 4. The van der Waals surface area contributed by atoms with Gasteiger partial charge in [-0.2, -0.15) is 0 Å². The van der Waals surface area contributed by atoms with E-state index in [0.29, 0.717) is 17.3 Å². The van der Waals surface area contributed by atoms with Gasteiger partial charge in [-0.15, -0.1) is 12.4 Å². The maximum Gasteiger partial charge on any atom is 0.251 e. The Morgan fingerprint density at radius 3 is 2.27 bits per heavy atom. The van der Waals surface area contributed by atoms with Crippen LogP contribution in [0.4, 0.5) is 5.69 Å². The minimum Gasteiger partial charge on any atom is -0.349 e. The van der Waals surface area contributed by atoms with Gasteiger partial charge in [-0.3, -0.25) is 9.59 Å². The smallest absolute Gasteiger partial charge is 0.251 e. The Morgan fingerprint density at radius 1 is 1.04 bits per heavy atom. The van der Waals surface area contributed by atoms with Gasteiger partial charge in [-0.25, -0.2) is 0 Å². The van der Waals surface area contributed by atoms with E-state index in [4.69, 9.17) is 5.73 Å². The van der Waals surface area contributed by atoms with Crippen molar-refractivity contribution in [1.82, 2.24) is 5.32 Å². The molecule has 0 bridgehead atoms. The van der Waals surface area contributed by atoms with Gasteiger partial charge in [0.15, 0.2) is 0 Å². The van der Waals surface area contributed by atoms with Crippen molar-refractivity contribution in [3.05, 3.63) is 29.8 Å². The van der Waals surface area contributed by atoms with Crippen LogP contribution in [0.1, 0.15) is 68.6 Å². The molecule has 26 heavy (non-hydrogen) atoms. The number of hydrogen-bond donors (Lipinski definition) is 3. The van der Waals surface area contributed by atoms with Gasteiger partial charge in [0.05, 0.1) is 5.92 Å². The molecule has 3 rings (SSSR count). The summed E-state index contributed by atoms with van der Waals surface area (Å²) in [7, 11) is 0. The first-order chi connectivity index (χ1) is 12.0. The second-order valence-corrected chi connectivity index (χ2v) is 7.83. The summed E-state index contributed by atoms with van der Waals surface area (Å²) < 4.78 is 0. The second kappa shape index (κ2) is 8.87. The third kappa shape index (κ3) is 4.98. The van der Waals surface area contributed by atoms with Crippen molar-refractivity contribution in [3.63, 3.8) is 0 Å². The van der Waals surface area contributed by atoms with Crippen LogP contribution >= 0.6 is 12.4 Å². The molecule has 2 unspecified atom stereocenters. The highest BCUT2D eigenvalue weighted by Crippen LogP contribution is 2.32. The van der Waals surface area contributed by atoms with Gasteiger partial charge >= 0.3 is 0 Å². The minimum absolute atomic E-state index is 0. The van der Waals surface area contributed by atoms with E-state index >= 15 is 0 Å². The zero-order valence-electron chi connectivity index (χ0n) is 15.4. The molecule has 0 heterocycles. The molecule has 0 aromatic heterocycles. The van der Waals surface area contributed by atoms with Gasteiger partial charge in [0.2, 0.25) is 5.91 Å². The lowest BCUT2D eigenvalue weighted by atomic mass is 9.74. The van der Waals surface area contributed by atoms with Gasteiger partial charge in [-0.1, -0.05) is 25.7 Å². The third-order valence-electron chi connectivity index (χ3n) is 5.68. The van der Waals surface area contributed by atoms with Crippen molar-refractivity contribution in [1.29, 1.82) is 0 Å². The molecule has 144 valence electrons. The first kappa shape index (κ1) is 20.7. The van der Waals surface area contributed by atoms with E-state index in [-0.39, 0.29) is 30.1 Å². The minimum atomic E-state index is -0.441. The summed E-state index contributed by atoms with van der Waals surface area (Å²) >= 11 is 0. The lowest BCUT2D eigenvalue weighted by molar-refractivity contribution is -0.122. The van der Waals surface area contributed by atoms with E-state index in [1.165, 1.54) is 12.8 Å². The molecule has 0 saturated heterocycles. The molecule has 0 radical (unpaired) electrons. The summed E-state index contributed by atoms with van der Waals surface area (Å²) in [6.07, 6.45) is 8.37. The van der Waals surface area contributed by atoms with Crippen LogP contribution in [0, 0.1) is 5.92 Å². The van der Waals surface area contributed by atoms with Crippen LogP contribution in [0.2, 0.25) is 0 Å². The number of benzene rings is 1. The van der Waals surface area contributed by atoms with Crippen molar-refractivity contribution in [3.8, 4) is 0 Å². The highest BCUT2D eigenvalue weighted by Gasteiger charge is 2.37. The molecule has 1 aromatic carbocycles. The van der Waals surface area contributed by atoms with E-state index in [1.54, 1.807) is 24.3 Å². The number of amides is 2. The predicted molar refractivity (Wildman–Crippen MR) is 107 cm³/mol. The van der Waals surface area contributed by atoms with Gasteiger partial charge in [0.1, 0.15) is 0 Å². The summed E-state index contributed by atoms with van der Waals surface area (Å²) in [5.74, 6) is -0.217. The fourth-order valence-corrected chi connectivity index (χ4v) is 4.06. The number of halogens is 1. The predicted octanol–water partition coefficient (Wildman–Crippen LogP) is 3.63. The Bertz CT molecular complexity index is 624. The second-order valence-electron chi connectivity index (χ2n) is 7.83. The van der Waals surface area contributed by atoms with Gasteiger partial charge in [-0.05, 0) is 56.9 Å². The summed E-state index contributed by atoms with van der Waals surface area (Å²) in [6, 6.07) is 7.42. The summed E-state index contributed by atoms with van der Waals surface area (Å²) in [5.41, 5.74) is 7.21.